The molecular weight excluding hydrogens is 449 g/mol. The summed E-state index contributed by atoms with van der Waals surface area (Å²) in [5.74, 6) is 0.399. The number of nitrogens with two attached hydrogens (primary N) is 1. The molecule has 0 amide bonds. The number of halogens is 1. The van der Waals surface area contributed by atoms with Crippen molar-refractivity contribution in [2.75, 3.05) is 5.32 Å². The van der Waals surface area contributed by atoms with Crippen LogP contribution in [-0.2, 0) is 24.5 Å². The molecule has 140 valence electrons. The number of guanidine groups is 1. The maximum absolute atomic E-state index is 5.99. The number of benzene rings is 3. The van der Waals surface area contributed by atoms with Crippen LogP contribution in [0, 0.1) is 0 Å². The monoisotopic (exact) mass is 473 g/mol. The fourth-order valence-corrected chi connectivity index (χ4v) is 2.58. The molecule has 0 bridgehead atoms. The first-order valence-corrected chi connectivity index (χ1v) is 8.62. The number of ether oxygens (including phenoxy) is 1. The van der Waals surface area contributed by atoms with Gasteiger partial charge >= 0.3 is 0 Å². The van der Waals surface area contributed by atoms with Crippen molar-refractivity contribution >= 4 is 35.6 Å². The van der Waals surface area contributed by atoms with Crippen molar-refractivity contribution in [3.8, 4) is 0 Å². The van der Waals surface area contributed by atoms with Gasteiger partial charge in [0.15, 0.2) is 5.96 Å². The highest BCUT2D eigenvalue weighted by Crippen LogP contribution is 2.13. The largest absolute Gasteiger partial charge is 0.372 e. The van der Waals surface area contributed by atoms with E-state index in [4.69, 9.17) is 10.5 Å². The number of hydrogen-bond acceptors (Lipinski definition) is 2. The second-order valence-electron chi connectivity index (χ2n) is 5.94. The van der Waals surface area contributed by atoms with E-state index in [1.54, 1.807) is 0 Å². The maximum atomic E-state index is 5.99. The molecule has 0 aliphatic heterocycles. The molecule has 0 aliphatic rings. The Balaban J connectivity index is 0.00000261. The van der Waals surface area contributed by atoms with Crippen molar-refractivity contribution in [2.45, 2.75) is 19.8 Å². The average Bonchev–Trinajstić information content (AvgIpc) is 2.69. The lowest BCUT2D eigenvalue weighted by atomic mass is 10.1. The molecule has 0 unspecified atom stereocenters. The van der Waals surface area contributed by atoms with Gasteiger partial charge in [0.25, 0.3) is 0 Å². The van der Waals surface area contributed by atoms with Crippen molar-refractivity contribution in [1.82, 2.24) is 0 Å². The number of nitrogens with one attached hydrogen (secondary N) is 1. The molecule has 0 atom stereocenters. The molecule has 3 N–H and O–H groups in total. The van der Waals surface area contributed by atoms with Gasteiger partial charge in [0.05, 0.1) is 19.8 Å². The summed E-state index contributed by atoms with van der Waals surface area (Å²) in [5, 5.41) is 3.09. The molecule has 0 aliphatic carbocycles. The second-order valence-corrected chi connectivity index (χ2v) is 5.94. The molecule has 0 radical (unpaired) electrons. The molecule has 0 saturated carbocycles. The summed E-state index contributed by atoms with van der Waals surface area (Å²) < 4.78 is 5.85. The van der Waals surface area contributed by atoms with E-state index in [0.717, 1.165) is 16.8 Å². The van der Waals surface area contributed by atoms with E-state index in [2.05, 4.69) is 34.6 Å². The Morgan fingerprint density at radius 3 is 2.07 bits per heavy atom. The summed E-state index contributed by atoms with van der Waals surface area (Å²) in [5.41, 5.74) is 10.3. The van der Waals surface area contributed by atoms with Crippen LogP contribution < -0.4 is 11.1 Å². The van der Waals surface area contributed by atoms with Crippen molar-refractivity contribution in [1.29, 1.82) is 0 Å². The third-order valence-corrected chi connectivity index (χ3v) is 3.95. The smallest absolute Gasteiger partial charge is 0.193 e. The highest BCUT2D eigenvalue weighted by molar-refractivity contribution is 14.0. The predicted octanol–water partition coefficient (Wildman–Crippen LogP) is 4.95. The summed E-state index contributed by atoms with van der Waals surface area (Å²) in [6.07, 6.45) is 0. The number of rotatable bonds is 7. The Bertz CT molecular complexity index is 838. The van der Waals surface area contributed by atoms with Crippen molar-refractivity contribution in [3.05, 3.63) is 102 Å². The van der Waals surface area contributed by atoms with Crippen LogP contribution in [0.25, 0.3) is 0 Å². The van der Waals surface area contributed by atoms with Gasteiger partial charge in [0.1, 0.15) is 0 Å². The third-order valence-electron chi connectivity index (χ3n) is 3.95. The first kappa shape index (κ1) is 20.9. The van der Waals surface area contributed by atoms with Gasteiger partial charge in [0, 0.05) is 5.69 Å². The van der Waals surface area contributed by atoms with Crippen LogP contribution in [0.5, 0.6) is 0 Å². The fraction of sp³-hybridized carbons (Fsp3) is 0.136. The summed E-state index contributed by atoms with van der Waals surface area (Å²) in [4.78, 5) is 4.44. The minimum Gasteiger partial charge on any atom is -0.372 e. The van der Waals surface area contributed by atoms with Gasteiger partial charge in [-0.05, 0) is 28.8 Å². The van der Waals surface area contributed by atoms with Gasteiger partial charge in [0.2, 0.25) is 0 Å². The van der Waals surface area contributed by atoms with Gasteiger partial charge in [-0.3, -0.25) is 0 Å². The third kappa shape index (κ3) is 7.03. The van der Waals surface area contributed by atoms with Crippen molar-refractivity contribution in [3.63, 3.8) is 0 Å². The highest BCUT2D eigenvalue weighted by Gasteiger charge is 2.03. The van der Waals surface area contributed by atoms with Gasteiger partial charge in [-0.15, -0.1) is 24.0 Å². The molecule has 3 aromatic rings. The lowest BCUT2D eigenvalue weighted by Gasteiger charge is -2.10. The van der Waals surface area contributed by atoms with Crippen molar-refractivity contribution < 1.29 is 4.74 Å². The highest BCUT2D eigenvalue weighted by atomic mass is 127. The average molecular weight is 473 g/mol. The van der Waals surface area contributed by atoms with E-state index in [0.29, 0.717) is 25.7 Å². The van der Waals surface area contributed by atoms with Crippen LogP contribution in [0.15, 0.2) is 89.9 Å². The molecule has 4 nitrogen and oxygen atoms in total. The normalized spacial score (nSPS) is 10.9. The van der Waals surface area contributed by atoms with E-state index in [1.165, 1.54) is 5.56 Å². The molecule has 0 fully saturated rings. The molecule has 0 heterocycles. The van der Waals surface area contributed by atoms with Crippen LogP contribution >= 0.6 is 24.0 Å². The molecule has 5 heteroatoms. The molecule has 3 rings (SSSR count). The fourth-order valence-electron chi connectivity index (χ4n) is 2.58. The molecule has 0 saturated heterocycles. The van der Waals surface area contributed by atoms with E-state index in [9.17, 15) is 0 Å². The SMILES string of the molecule is I.NC(=NCc1ccccc1COCc1ccccc1)Nc1ccccc1. The summed E-state index contributed by atoms with van der Waals surface area (Å²) >= 11 is 0. The number of nitrogens with zero attached hydrogens (tertiary/aromatic N) is 1. The predicted molar refractivity (Wildman–Crippen MR) is 122 cm³/mol. The van der Waals surface area contributed by atoms with Gasteiger partial charge < -0.3 is 15.8 Å². The minimum absolute atomic E-state index is 0. The zero-order valence-corrected chi connectivity index (χ0v) is 17.4. The standard InChI is InChI=1S/C22H23N3O.HI/c23-22(25-21-13-5-2-6-14-21)24-15-19-11-7-8-12-20(19)17-26-16-18-9-3-1-4-10-18;/h1-14H,15-17H2,(H3,23,24,25);1H. The number of aliphatic imine (C=N–C) groups is 1. The van der Waals surface area contributed by atoms with Crippen LogP contribution in [0.2, 0.25) is 0 Å². The number of hydrogen-bond donors (Lipinski definition) is 2. The minimum atomic E-state index is 0. The molecule has 3 aromatic carbocycles. The Morgan fingerprint density at radius 2 is 1.37 bits per heavy atom. The van der Waals surface area contributed by atoms with Crippen LogP contribution in [0.1, 0.15) is 16.7 Å². The molecule has 27 heavy (non-hydrogen) atoms. The Labute approximate surface area is 177 Å². The van der Waals surface area contributed by atoms with Crippen molar-refractivity contribution in [2.24, 2.45) is 10.7 Å². The maximum Gasteiger partial charge on any atom is 0.193 e. The summed E-state index contributed by atoms with van der Waals surface area (Å²) in [7, 11) is 0. The number of anilines is 1. The topological polar surface area (TPSA) is 59.6 Å². The first-order valence-electron chi connectivity index (χ1n) is 8.62. The first-order chi connectivity index (χ1) is 12.8. The quantitative estimate of drug-likeness (QED) is 0.290. The Hall–Kier alpha value is -2.38. The zero-order chi connectivity index (χ0) is 18.0. The number of para-hydroxylation sites is 1. The zero-order valence-electron chi connectivity index (χ0n) is 15.0. The molecule has 0 spiro atoms. The van der Waals surface area contributed by atoms with Crippen LogP contribution in [0.3, 0.4) is 0 Å². The lowest BCUT2D eigenvalue weighted by molar-refractivity contribution is 0.106. The summed E-state index contributed by atoms with van der Waals surface area (Å²) in [6.45, 7) is 1.65. The van der Waals surface area contributed by atoms with E-state index < -0.39 is 0 Å². The Morgan fingerprint density at radius 1 is 0.778 bits per heavy atom. The summed E-state index contributed by atoms with van der Waals surface area (Å²) in [6, 6.07) is 28.1. The van der Waals surface area contributed by atoms with Gasteiger partial charge in [-0.25, -0.2) is 4.99 Å². The second kappa shape index (κ2) is 11.4. The van der Waals surface area contributed by atoms with Crippen LogP contribution in [0.4, 0.5) is 5.69 Å². The lowest BCUT2D eigenvalue weighted by Crippen LogP contribution is -2.22. The molecular formula is C22H24IN3O. The molecule has 0 aromatic heterocycles. The van der Waals surface area contributed by atoms with Gasteiger partial charge in [-0.1, -0.05) is 72.8 Å². The van der Waals surface area contributed by atoms with E-state index >= 15 is 0 Å². The van der Waals surface area contributed by atoms with Crippen LogP contribution in [-0.4, -0.2) is 5.96 Å². The Kier molecular flexibility index (Phi) is 8.80. The van der Waals surface area contributed by atoms with E-state index in [1.807, 2.05) is 60.7 Å². The van der Waals surface area contributed by atoms with Gasteiger partial charge in [-0.2, -0.15) is 0 Å². The van der Waals surface area contributed by atoms with E-state index in [-0.39, 0.29) is 24.0 Å².